The minimum absolute atomic E-state index is 0.0569. The van der Waals surface area contributed by atoms with E-state index in [0.717, 1.165) is 178 Å². The molecule has 21 rings (SSSR count). The first kappa shape index (κ1) is 85.3. The molecule has 8 N–H and O–H groups in total. The van der Waals surface area contributed by atoms with Crippen LogP contribution in [-0.4, -0.2) is 83.9 Å². The minimum Gasteiger partial charge on any atom is -0.508 e. The van der Waals surface area contributed by atoms with E-state index in [-0.39, 0.29) is 59.5 Å². The molecule has 4 aliphatic rings. The maximum Gasteiger partial charge on any atom is 0.230 e. The molecule has 0 fully saturated rings. The third-order valence-corrected chi connectivity index (χ3v) is 23.6. The van der Waals surface area contributed by atoms with Crippen molar-refractivity contribution in [3.63, 3.8) is 0 Å². The summed E-state index contributed by atoms with van der Waals surface area (Å²) in [6, 6.07) is 105. The van der Waals surface area contributed by atoms with E-state index >= 15 is 0 Å². The molecule has 131 heavy (non-hydrogen) atoms. The van der Waals surface area contributed by atoms with Gasteiger partial charge in [-0.05, 0) is 199 Å². The number of aryl methyl sites for hydroxylation is 10. The van der Waals surface area contributed by atoms with Crippen LogP contribution in [0.4, 0.5) is 23.3 Å². The van der Waals surface area contributed by atoms with Crippen LogP contribution in [0.2, 0.25) is 0 Å². The summed E-state index contributed by atoms with van der Waals surface area (Å²) in [4.78, 5) is 90.7. The monoisotopic (exact) mass is 1720 g/mol. The van der Waals surface area contributed by atoms with Crippen LogP contribution in [0.5, 0.6) is 23.0 Å². The zero-order valence-corrected chi connectivity index (χ0v) is 71.8. The summed E-state index contributed by atoms with van der Waals surface area (Å²) in [7, 11) is 0. The van der Waals surface area contributed by atoms with E-state index in [1.165, 1.54) is 5.56 Å². The second-order valence-corrected chi connectivity index (χ2v) is 32.7. The quantitative estimate of drug-likeness (QED) is 0.0373. The number of carbonyl (C=O) groups excluding carboxylic acids is 4. The third-order valence-electron chi connectivity index (χ3n) is 23.6. The summed E-state index contributed by atoms with van der Waals surface area (Å²) >= 11 is 0. The van der Waals surface area contributed by atoms with E-state index < -0.39 is 0 Å². The lowest BCUT2D eigenvalue weighted by Crippen LogP contribution is -2.18. The number of phenolic OH excluding ortho intramolecular Hbond substituents is 4. The summed E-state index contributed by atoms with van der Waals surface area (Å²) < 4.78 is 0. The Balaban J connectivity index is 0.000000117. The molecule has 0 saturated carbocycles. The van der Waals surface area contributed by atoms with E-state index in [4.69, 9.17) is 39.9 Å². The standard InChI is InChI=1S/C30H23N3O2.C28H25N3O2.C27H23N3O2.C26H21N3O2/c34-24-13-14-25-23(18-24)12-15-26-29(25)33-28(21-7-2-1-3-8-21)30(31-26)32-27(35)17-19-10-11-20-6-4-5-9-22(20)16-19;32-22-15-16-23-21(18-22)14-17-24-27(23)31-26(20-11-5-2-6-12-20)28(29-24)30-25(33)13-7-10-19-8-3-1-4-9-19;31-21-13-14-22-20(17-21)12-15-23-26(22)30-25(19-9-5-2-6-10-19)27(28-23)29-24(32)16-11-18-7-3-1-4-8-18;30-20-12-13-21-19(16-20)11-14-22-25(21)29-24(18-9-5-2-6-10-18)26(27-22)28-23(31)15-17-7-3-1-4-8-17/h1-11,13-14,16,18,34H,12,15,17H2,(H,31,32,35);1-6,8-9,11-12,15-16,18,32H,7,10,13-14,17H2,(H,29,30,33);1-10,13-14,17,31H,11-12,15-16H2,(H,28,29,32);1-10,12-13,16,30H,11,14-15H2,(H,27,28,31). The van der Waals surface area contributed by atoms with Crippen molar-refractivity contribution in [2.24, 2.45) is 0 Å². The lowest BCUT2D eigenvalue weighted by atomic mass is 9.91. The third kappa shape index (κ3) is 20.5. The number of benzene rings is 13. The van der Waals surface area contributed by atoms with Gasteiger partial charge in [0.05, 0.1) is 58.4 Å². The second kappa shape index (κ2) is 39.6. The molecule has 0 spiro atoms. The number of carbonyl (C=O) groups is 4. The topological polar surface area (TPSA) is 300 Å². The van der Waals surface area contributed by atoms with Gasteiger partial charge in [0.15, 0.2) is 23.3 Å². The Hall–Kier alpha value is -16.5. The van der Waals surface area contributed by atoms with Crippen molar-refractivity contribution >= 4 is 57.7 Å². The minimum atomic E-state index is -0.132. The Morgan fingerprint density at radius 1 is 0.237 bits per heavy atom. The highest BCUT2D eigenvalue weighted by Gasteiger charge is 2.30. The summed E-state index contributed by atoms with van der Waals surface area (Å²) in [5, 5.41) is 53.8. The number of nitrogens with zero attached hydrogens (tertiary/aromatic N) is 8. The lowest BCUT2D eigenvalue weighted by Gasteiger charge is -2.21. The van der Waals surface area contributed by atoms with Crippen LogP contribution in [0.1, 0.15) is 86.5 Å². The molecule has 0 bridgehead atoms. The van der Waals surface area contributed by atoms with Gasteiger partial charge in [-0.3, -0.25) is 19.2 Å². The molecule has 0 atom stereocenters. The average molecular weight is 1720 g/mol. The SMILES string of the molecule is O=C(CCCc1ccccc1)Nc1nc2c(nc1-c1ccccc1)-c1ccc(O)cc1CC2.O=C(CCc1ccccc1)Nc1nc2c(nc1-c1ccccc1)-c1ccc(O)cc1CC2.O=C(Cc1ccc2ccccc2c1)Nc1nc2c(nc1-c1ccccc1)-c1ccc(O)cc1CC2.O=C(Cc1ccccc1)Nc1nc2c(nc1-c1ccccc1)-c1ccc(O)cc1CC2. The first-order chi connectivity index (χ1) is 64.1. The second-order valence-electron chi connectivity index (χ2n) is 32.7. The average Bonchev–Trinajstić information content (AvgIpc) is 0.777. The summed E-state index contributed by atoms with van der Waals surface area (Å²) in [6.45, 7) is 0. The zero-order valence-electron chi connectivity index (χ0n) is 71.8. The van der Waals surface area contributed by atoms with Crippen LogP contribution >= 0.6 is 0 Å². The van der Waals surface area contributed by atoms with Gasteiger partial charge in [0.25, 0.3) is 0 Å². The molecule has 0 aliphatic heterocycles. The molecule has 20 nitrogen and oxygen atoms in total. The Bertz CT molecular complexity index is 7080. The van der Waals surface area contributed by atoms with E-state index in [1.807, 2.05) is 249 Å². The maximum atomic E-state index is 13.1. The predicted octanol–water partition coefficient (Wildman–Crippen LogP) is 21.5. The van der Waals surface area contributed by atoms with Gasteiger partial charge in [0.2, 0.25) is 23.6 Å². The first-order valence-electron chi connectivity index (χ1n) is 44.1. The van der Waals surface area contributed by atoms with Crippen LogP contribution in [0.15, 0.2) is 328 Å². The van der Waals surface area contributed by atoms with Gasteiger partial charge in [0.1, 0.15) is 45.8 Å². The van der Waals surface area contributed by atoms with Crippen molar-refractivity contribution in [1.29, 1.82) is 0 Å². The number of nitrogens with one attached hydrogen (secondary N) is 4. The van der Waals surface area contributed by atoms with Crippen LogP contribution in [-0.2, 0) is 96.2 Å². The summed E-state index contributed by atoms with van der Waals surface area (Å²) in [6.07, 6.45) is 9.53. The molecule has 4 aliphatic carbocycles. The first-order valence-corrected chi connectivity index (χ1v) is 44.1. The van der Waals surface area contributed by atoms with Crippen LogP contribution in [0.3, 0.4) is 0 Å². The Morgan fingerprint density at radius 2 is 0.519 bits per heavy atom. The number of anilines is 4. The number of fused-ring (bicyclic) bond motifs is 13. The fraction of sp³-hybridized carbons (Fsp3) is 0.135. The number of hydrogen-bond acceptors (Lipinski definition) is 16. The molecule has 4 amide bonds. The van der Waals surface area contributed by atoms with E-state index in [2.05, 4.69) is 51.6 Å². The number of aromatic hydroxyl groups is 4. The highest BCUT2D eigenvalue weighted by molar-refractivity contribution is 5.99. The largest absolute Gasteiger partial charge is 0.508 e. The van der Waals surface area contributed by atoms with Gasteiger partial charge >= 0.3 is 0 Å². The Morgan fingerprint density at radius 3 is 0.863 bits per heavy atom. The van der Waals surface area contributed by atoms with Crippen LogP contribution in [0, 0.1) is 0 Å². The number of amides is 4. The van der Waals surface area contributed by atoms with Gasteiger partial charge in [0, 0.05) is 57.3 Å². The Kier molecular flexibility index (Phi) is 25.8. The molecule has 644 valence electrons. The van der Waals surface area contributed by atoms with Gasteiger partial charge in [-0.25, -0.2) is 39.9 Å². The smallest absolute Gasteiger partial charge is 0.230 e. The van der Waals surface area contributed by atoms with Crippen molar-refractivity contribution in [2.75, 3.05) is 21.3 Å². The van der Waals surface area contributed by atoms with Crippen molar-refractivity contribution in [3.8, 4) is 113 Å². The predicted molar refractivity (Wildman–Crippen MR) is 514 cm³/mol. The van der Waals surface area contributed by atoms with E-state index in [9.17, 15) is 39.6 Å². The molecule has 0 radical (unpaired) electrons. The van der Waals surface area contributed by atoms with Gasteiger partial charge in [-0.15, -0.1) is 0 Å². The van der Waals surface area contributed by atoms with Crippen molar-refractivity contribution < 1.29 is 39.6 Å². The highest BCUT2D eigenvalue weighted by atomic mass is 16.3. The molecule has 4 aromatic heterocycles. The molecular formula is C111H92N12O8. The number of phenols is 4. The zero-order chi connectivity index (χ0) is 89.5. The normalized spacial score (nSPS) is 12.0. The van der Waals surface area contributed by atoms with Gasteiger partial charge in [-0.1, -0.05) is 255 Å². The van der Waals surface area contributed by atoms with E-state index in [1.54, 1.807) is 48.5 Å². The molecule has 13 aromatic carbocycles. The van der Waals surface area contributed by atoms with Crippen LogP contribution < -0.4 is 21.3 Å². The van der Waals surface area contributed by atoms with Crippen LogP contribution in [0.25, 0.3) is 101 Å². The van der Waals surface area contributed by atoms with E-state index in [0.29, 0.717) is 91.0 Å². The Labute approximate surface area is 758 Å². The molecule has 0 saturated heterocycles. The summed E-state index contributed by atoms with van der Waals surface area (Å²) in [5.74, 6) is 2.58. The van der Waals surface area contributed by atoms with Crippen molar-refractivity contribution in [3.05, 3.63) is 395 Å². The number of rotatable bonds is 19. The molecule has 4 heterocycles. The molecule has 0 unspecified atom stereocenters. The number of hydrogen-bond donors (Lipinski definition) is 8. The molecular weight excluding hydrogens is 1630 g/mol. The van der Waals surface area contributed by atoms with Gasteiger partial charge < -0.3 is 41.7 Å². The fourth-order valence-corrected chi connectivity index (χ4v) is 17.1. The molecule has 20 heteroatoms. The fourth-order valence-electron chi connectivity index (χ4n) is 17.1. The molecule has 17 aromatic rings. The maximum absolute atomic E-state index is 13.1. The van der Waals surface area contributed by atoms with Crippen molar-refractivity contribution in [2.45, 2.75) is 96.3 Å². The lowest BCUT2D eigenvalue weighted by molar-refractivity contribution is -0.117. The highest BCUT2D eigenvalue weighted by Crippen LogP contribution is 2.43. The number of aromatic nitrogens is 8. The summed E-state index contributed by atoms with van der Waals surface area (Å²) in [5.41, 5.74) is 25.2. The van der Waals surface area contributed by atoms with Crippen molar-refractivity contribution in [1.82, 2.24) is 39.9 Å². The van der Waals surface area contributed by atoms with Gasteiger partial charge in [-0.2, -0.15) is 0 Å².